The van der Waals surface area contributed by atoms with E-state index in [-0.39, 0.29) is 26.9 Å². The summed E-state index contributed by atoms with van der Waals surface area (Å²) in [6.07, 6.45) is 0. The van der Waals surface area contributed by atoms with E-state index in [1.807, 2.05) is 0 Å². The highest BCUT2D eigenvalue weighted by Crippen LogP contribution is 2.77. The number of ketones is 1. The van der Waals surface area contributed by atoms with Gasteiger partial charge in [-0.05, 0) is 43.3 Å². The van der Waals surface area contributed by atoms with E-state index in [0.717, 1.165) is 24.3 Å². The number of nitrogens with zero attached hydrogens (tertiary/aromatic N) is 3. The Morgan fingerprint density at radius 3 is 1.73 bits per heavy atom. The first kappa shape index (κ1) is 30.4. The van der Waals surface area contributed by atoms with Crippen LogP contribution >= 0.6 is 81.2 Å². The number of hydrogen-bond donors (Lipinski definition) is 0. The van der Waals surface area contributed by atoms with Gasteiger partial charge < -0.3 is 0 Å². The van der Waals surface area contributed by atoms with Crippen LogP contribution in [0.4, 0.5) is 5.69 Å². The van der Waals surface area contributed by atoms with Crippen LogP contribution in [0.3, 0.4) is 0 Å². The lowest BCUT2D eigenvalue weighted by Gasteiger charge is -2.38. The van der Waals surface area contributed by atoms with Crippen molar-refractivity contribution >= 4 is 110 Å². The van der Waals surface area contributed by atoms with E-state index in [1.54, 1.807) is 0 Å². The lowest BCUT2D eigenvalue weighted by atomic mass is 9.84. The molecule has 0 N–H and O–H groups in total. The van der Waals surface area contributed by atoms with Gasteiger partial charge in [0.1, 0.15) is 15.8 Å². The molecule has 2 aliphatic carbocycles. The third-order valence-corrected chi connectivity index (χ3v) is 12.0. The predicted octanol–water partition coefficient (Wildman–Crippen LogP) is 6.32. The highest BCUT2D eigenvalue weighted by molar-refractivity contribution is 6.66. The van der Waals surface area contributed by atoms with Crippen LogP contribution in [-0.4, -0.2) is 58.6 Å². The molecule has 1 saturated heterocycles. The molecule has 5 atom stereocenters. The number of amides is 3. The number of non-ortho nitro benzene ring substituents is 1. The molecule has 0 unspecified atom stereocenters. The first-order valence-corrected chi connectivity index (χ1v) is 14.2. The van der Waals surface area contributed by atoms with E-state index in [1.165, 1.54) is 31.2 Å². The number of hydrazine groups is 1. The summed E-state index contributed by atoms with van der Waals surface area (Å²) in [5.74, 6) is -6.93. The third kappa shape index (κ3) is 3.90. The molecule has 1 heterocycles. The molecule has 2 aromatic carbocycles. The van der Waals surface area contributed by atoms with Gasteiger partial charge in [-0.3, -0.25) is 29.3 Å². The van der Waals surface area contributed by atoms with Crippen LogP contribution in [0.2, 0.25) is 5.02 Å². The number of halogens is 7. The Kier molecular flexibility index (Phi) is 7.39. The first-order chi connectivity index (χ1) is 19.0. The van der Waals surface area contributed by atoms with Gasteiger partial charge in [0.25, 0.3) is 23.4 Å². The van der Waals surface area contributed by atoms with E-state index in [4.69, 9.17) is 81.2 Å². The summed E-state index contributed by atoms with van der Waals surface area (Å²) in [6.45, 7) is 1.29. The van der Waals surface area contributed by atoms with Crippen molar-refractivity contribution in [1.29, 1.82) is 0 Å². The summed E-state index contributed by atoms with van der Waals surface area (Å²) in [5.41, 5.74) is -0.382. The number of carbonyl (C=O) groups excluding carboxylic acids is 4. The van der Waals surface area contributed by atoms with E-state index in [2.05, 4.69) is 0 Å². The largest absolute Gasteiger partial charge is 0.292 e. The summed E-state index contributed by atoms with van der Waals surface area (Å²) in [5, 5.41) is 11.9. The Morgan fingerprint density at radius 2 is 1.29 bits per heavy atom. The second-order valence-electron chi connectivity index (χ2n) is 9.57. The molecule has 0 aromatic heterocycles. The second-order valence-corrected chi connectivity index (χ2v) is 13.3. The maximum atomic E-state index is 14.0. The fraction of sp³-hybridized carbons (Fsp3) is 0.280. The van der Waals surface area contributed by atoms with Crippen LogP contribution in [0.15, 0.2) is 58.6 Å². The van der Waals surface area contributed by atoms with Crippen LogP contribution in [0.25, 0.3) is 0 Å². The number of rotatable bonds is 6. The Balaban J connectivity index is 1.63. The average Bonchev–Trinajstić information content (AvgIpc) is 3.32. The Hall–Kier alpha value is -2.11. The molecule has 5 rings (SSSR count). The lowest BCUT2D eigenvalue weighted by molar-refractivity contribution is -0.384. The van der Waals surface area contributed by atoms with Gasteiger partial charge in [-0.1, -0.05) is 58.0 Å². The Bertz CT molecular complexity index is 1530. The minimum atomic E-state index is -2.21. The normalized spacial score (nSPS) is 28.6. The van der Waals surface area contributed by atoms with Crippen molar-refractivity contribution in [3.05, 3.63) is 84.9 Å². The quantitative estimate of drug-likeness (QED) is 0.114. The molecule has 3 amide bonds. The summed E-state index contributed by atoms with van der Waals surface area (Å²) in [6, 6.07) is 8.57. The van der Waals surface area contributed by atoms with E-state index >= 15 is 0 Å². The van der Waals surface area contributed by atoms with Crippen molar-refractivity contribution in [3.8, 4) is 0 Å². The maximum Gasteiger partial charge on any atom is 0.273 e. The fourth-order valence-corrected chi connectivity index (χ4v) is 8.51. The number of nitro groups is 1. The molecule has 1 saturated carbocycles. The zero-order chi connectivity index (χ0) is 30.4. The smallest absolute Gasteiger partial charge is 0.273 e. The number of alkyl halides is 4. The molecule has 41 heavy (non-hydrogen) atoms. The average molecular weight is 701 g/mol. The van der Waals surface area contributed by atoms with Crippen molar-refractivity contribution in [2.45, 2.75) is 27.0 Å². The van der Waals surface area contributed by atoms with Gasteiger partial charge in [0.15, 0.2) is 10.1 Å². The van der Waals surface area contributed by atoms with Gasteiger partial charge in [0, 0.05) is 28.3 Å². The third-order valence-electron chi connectivity index (χ3n) is 7.51. The molecule has 2 aromatic rings. The molecule has 9 nitrogen and oxygen atoms in total. The standard InChI is InChI=1S/C25H14Cl7N3O6/c1-10(17(36)11-2-6-13(26)7-3-11)33(20(37)12-4-8-14(9-5-12)35(40)41)34-21(38)15-16(22(34)39)24(30)19(28)18(27)23(15,29)25(24,31)32/h2-10,15-16H,1H3/t10-,15+,16+,23-,24-/m1/s1. The molecular weight excluding hydrogens is 686 g/mol. The van der Waals surface area contributed by atoms with Crippen LogP contribution in [0.5, 0.6) is 0 Å². The minimum Gasteiger partial charge on any atom is -0.292 e. The van der Waals surface area contributed by atoms with E-state index in [9.17, 15) is 29.3 Å². The molecule has 3 aliphatic rings. The number of allylic oxidation sites excluding steroid dienone is 2. The van der Waals surface area contributed by atoms with Gasteiger partial charge >= 0.3 is 0 Å². The number of Topliss-reactive ketones (excluding diaryl/α,β-unsaturated/α-hetero) is 1. The zero-order valence-electron chi connectivity index (χ0n) is 20.3. The Labute approximate surface area is 266 Å². The van der Waals surface area contributed by atoms with Gasteiger partial charge in [-0.2, -0.15) is 5.01 Å². The molecule has 16 heteroatoms. The van der Waals surface area contributed by atoms with Gasteiger partial charge in [-0.25, -0.2) is 5.01 Å². The van der Waals surface area contributed by atoms with Gasteiger partial charge in [0.05, 0.1) is 26.8 Å². The van der Waals surface area contributed by atoms with Gasteiger partial charge in [-0.15, -0.1) is 23.2 Å². The molecule has 1 aliphatic heterocycles. The molecule has 2 bridgehead atoms. The molecular formula is C25H14Cl7N3O6. The predicted molar refractivity (Wildman–Crippen MR) is 154 cm³/mol. The monoisotopic (exact) mass is 697 g/mol. The Morgan fingerprint density at radius 1 is 0.854 bits per heavy atom. The van der Waals surface area contributed by atoms with Crippen molar-refractivity contribution in [2.24, 2.45) is 11.8 Å². The highest BCUT2D eigenvalue weighted by Gasteiger charge is 2.88. The van der Waals surface area contributed by atoms with Crippen LogP contribution in [-0.2, 0) is 9.59 Å². The molecule has 214 valence electrons. The molecule has 0 radical (unpaired) electrons. The maximum absolute atomic E-state index is 14.0. The van der Waals surface area contributed by atoms with E-state index < -0.39 is 60.4 Å². The van der Waals surface area contributed by atoms with Crippen molar-refractivity contribution < 1.29 is 24.1 Å². The summed E-state index contributed by atoms with van der Waals surface area (Å²) < 4.78 is -2.21. The lowest BCUT2D eigenvalue weighted by Crippen LogP contribution is -2.59. The van der Waals surface area contributed by atoms with E-state index in [0.29, 0.717) is 15.0 Å². The number of nitro benzene ring substituents is 1. The number of benzene rings is 2. The van der Waals surface area contributed by atoms with Crippen LogP contribution in [0, 0.1) is 22.0 Å². The fourth-order valence-electron chi connectivity index (χ4n) is 5.46. The SMILES string of the molecule is C[C@H](C(=O)c1ccc(Cl)cc1)N(C(=O)c1ccc([N+](=O)[O-])cc1)N1C(=O)[C@@H]2[C@@H](C1=O)[C@@]1(Cl)C(Cl)=C(Cl)[C@@]2(Cl)C1(Cl)Cl. The number of fused-ring (bicyclic) bond motifs is 5. The topological polar surface area (TPSA) is 118 Å². The highest BCUT2D eigenvalue weighted by atomic mass is 35.5. The first-order valence-electron chi connectivity index (χ1n) is 11.6. The number of hydrogen-bond acceptors (Lipinski definition) is 6. The zero-order valence-corrected chi connectivity index (χ0v) is 25.6. The van der Waals surface area contributed by atoms with Crippen molar-refractivity contribution in [1.82, 2.24) is 10.0 Å². The minimum absolute atomic E-state index is 0.110. The summed E-state index contributed by atoms with van der Waals surface area (Å²) >= 11 is 45.3. The van der Waals surface area contributed by atoms with Crippen LogP contribution < -0.4 is 0 Å². The molecule has 0 spiro atoms. The summed E-state index contributed by atoms with van der Waals surface area (Å²) in [4.78, 5) is 61.6. The second kappa shape index (κ2) is 9.98. The van der Waals surface area contributed by atoms with Gasteiger partial charge in [0.2, 0.25) is 0 Å². The number of imide groups is 1. The van der Waals surface area contributed by atoms with Crippen molar-refractivity contribution in [2.75, 3.05) is 0 Å². The number of carbonyl (C=O) groups is 4. The van der Waals surface area contributed by atoms with Crippen LogP contribution in [0.1, 0.15) is 27.6 Å². The summed E-state index contributed by atoms with van der Waals surface area (Å²) in [7, 11) is 0. The van der Waals surface area contributed by atoms with Crippen molar-refractivity contribution in [3.63, 3.8) is 0 Å². The molecule has 2 fully saturated rings.